The van der Waals surface area contributed by atoms with E-state index >= 15 is 0 Å². The summed E-state index contributed by atoms with van der Waals surface area (Å²) in [6.07, 6.45) is 0. The summed E-state index contributed by atoms with van der Waals surface area (Å²) in [6, 6.07) is 12.7. The van der Waals surface area contributed by atoms with E-state index < -0.39 is 0 Å². The number of nitrogens with one attached hydrogen (secondary N) is 1. The maximum atomic E-state index is 11.8. The van der Waals surface area contributed by atoms with Crippen LogP contribution in [0, 0.1) is 13.8 Å². The van der Waals surface area contributed by atoms with Gasteiger partial charge in [0.1, 0.15) is 5.75 Å². The highest BCUT2D eigenvalue weighted by Gasteiger charge is 2.04. The fourth-order valence-corrected chi connectivity index (χ4v) is 1.73. The first-order valence-electron chi connectivity index (χ1n) is 6.40. The highest BCUT2D eigenvalue weighted by Crippen LogP contribution is 2.15. The molecule has 0 saturated heterocycles. The van der Waals surface area contributed by atoms with Crippen LogP contribution in [0.5, 0.6) is 5.75 Å². The molecule has 0 aliphatic heterocycles. The standard InChI is InChI=1S/C16H18N2O2/c1-11-3-6-14(9-12(11)2)18-16(19)10-20-15-7-4-13(17)5-8-15/h3-9H,10,17H2,1-2H3,(H,18,19). The third-order valence-corrected chi connectivity index (χ3v) is 3.04. The van der Waals surface area contributed by atoms with Gasteiger partial charge in [-0.3, -0.25) is 4.79 Å². The smallest absolute Gasteiger partial charge is 0.262 e. The zero-order valence-electron chi connectivity index (χ0n) is 11.6. The van der Waals surface area contributed by atoms with Crippen LogP contribution in [0.2, 0.25) is 0 Å². The summed E-state index contributed by atoms with van der Waals surface area (Å²) >= 11 is 0. The lowest BCUT2D eigenvalue weighted by Gasteiger charge is -2.09. The molecule has 0 aromatic heterocycles. The molecule has 0 aliphatic carbocycles. The van der Waals surface area contributed by atoms with Gasteiger partial charge in [-0.05, 0) is 61.4 Å². The molecule has 0 heterocycles. The third-order valence-electron chi connectivity index (χ3n) is 3.04. The van der Waals surface area contributed by atoms with Gasteiger partial charge in [0.2, 0.25) is 0 Å². The Morgan fingerprint density at radius 1 is 1.10 bits per heavy atom. The second-order valence-corrected chi connectivity index (χ2v) is 4.70. The Kier molecular flexibility index (Phi) is 4.25. The van der Waals surface area contributed by atoms with Gasteiger partial charge in [-0.25, -0.2) is 0 Å². The Hall–Kier alpha value is -2.49. The quantitative estimate of drug-likeness (QED) is 0.840. The van der Waals surface area contributed by atoms with Crippen LogP contribution in [-0.2, 0) is 4.79 Å². The Bertz CT molecular complexity index is 606. The van der Waals surface area contributed by atoms with Gasteiger partial charge in [0, 0.05) is 11.4 Å². The molecular weight excluding hydrogens is 252 g/mol. The number of benzene rings is 2. The first-order valence-corrected chi connectivity index (χ1v) is 6.40. The van der Waals surface area contributed by atoms with E-state index in [-0.39, 0.29) is 12.5 Å². The lowest BCUT2D eigenvalue weighted by Crippen LogP contribution is -2.20. The SMILES string of the molecule is Cc1ccc(NC(=O)COc2ccc(N)cc2)cc1C. The molecule has 0 atom stereocenters. The molecule has 104 valence electrons. The maximum Gasteiger partial charge on any atom is 0.262 e. The Labute approximate surface area is 118 Å². The second-order valence-electron chi connectivity index (χ2n) is 4.70. The van der Waals surface area contributed by atoms with Crippen LogP contribution in [0.1, 0.15) is 11.1 Å². The van der Waals surface area contributed by atoms with Crippen LogP contribution >= 0.6 is 0 Å². The van der Waals surface area contributed by atoms with E-state index in [0.29, 0.717) is 11.4 Å². The lowest BCUT2D eigenvalue weighted by atomic mass is 10.1. The van der Waals surface area contributed by atoms with Gasteiger partial charge >= 0.3 is 0 Å². The molecule has 4 nitrogen and oxygen atoms in total. The van der Waals surface area contributed by atoms with Gasteiger partial charge in [-0.15, -0.1) is 0 Å². The molecule has 0 saturated carbocycles. The van der Waals surface area contributed by atoms with E-state index in [1.807, 2.05) is 32.0 Å². The van der Waals surface area contributed by atoms with E-state index in [9.17, 15) is 4.79 Å². The Morgan fingerprint density at radius 2 is 1.80 bits per heavy atom. The molecule has 0 fully saturated rings. The zero-order valence-corrected chi connectivity index (χ0v) is 11.6. The van der Waals surface area contributed by atoms with Gasteiger partial charge in [0.25, 0.3) is 5.91 Å². The average Bonchev–Trinajstić information content (AvgIpc) is 2.42. The van der Waals surface area contributed by atoms with Gasteiger partial charge in [-0.2, -0.15) is 0 Å². The van der Waals surface area contributed by atoms with Crippen LogP contribution in [0.4, 0.5) is 11.4 Å². The third kappa shape index (κ3) is 3.75. The summed E-state index contributed by atoms with van der Waals surface area (Å²) in [4.78, 5) is 11.8. The Morgan fingerprint density at radius 3 is 2.45 bits per heavy atom. The van der Waals surface area contributed by atoms with Crippen molar-refractivity contribution in [1.29, 1.82) is 0 Å². The Balaban J connectivity index is 1.89. The first kappa shape index (κ1) is 13.9. The molecule has 2 aromatic rings. The molecule has 0 aliphatic rings. The minimum Gasteiger partial charge on any atom is -0.484 e. The largest absolute Gasteiger partial charge is 0.484 e. The molecule has 4 heteroatoms. The van der Waals surface area contributed by atoms with E-state index in [1.165, 1.54) is 5.56 Å². The fraction of sp³-hybridized carbons (Fsp3) is 0.188. The first-order chi connectivity index (χ1) is 9.54. The summed E-state index contributed by atoms with van der Waals surface area (Å²) in [7, 11) is 0. The van der Waals surface area contributed by atoms with Gasteiger partial charge < -0.3 is 15.8 Å². The van der Waals surface area contributed by atoms with Crippen molar-refractivity contribution in [2.24, 2.45) is 0 Å². The topological polar surface area (TPSA) is 64.3 Å². The number of nitrogen functional groups attached to an aromatic ring is 1. The summed E-state index contributed by atoms with van der Waals surface area (Å²) in [6.45, 7) is 4.01. The van der Waals surface area contributed by atoms with Crippen molar-refractivity contribution in [1.82, 2.24) is 0 Å². The molecule has 1 amide bonds. The normalized spacial score (nSPS) is 10.1. The lowest BCUT2D eigenvalue weighted by molar-refractivity contribution is -0.118. The molecule has 0 bridgehead atoms. The predicted octanol–water partition coefficient (Wildman–Crippen LogP) is 2.90. The summed E-state index contributed by atoms with van der Waals surface area (Å²) < 4.78 is 5.38. The number of nitrogens with two attached hydrogens (primary N) is 1. The molecule has 3 N–H and O–H groups in total. The van der Waals surface area contributed by atoms with Crippen LogP contribution < -0.4 is 15.8 Å². The number of ether oxygens (including phenoxy) is 1. The van der Waals surface area contributed by atoms with Gasteiger partial charge in [0.15, 0.2) is 6.61 Å². The number of carbonyl (C=O) groups excluding carboxylic acids is 1. The molecular formula is C16H18N2O2. The minimum absolute atomic E-state index is 0.0309. The molecule has 0 unspecified atom stereocenters. The number of rotatable bonds is 4. The van der Waals surface area contributed by atoms with Gasteiger partial charge in [-0.1, -0.05) is 6.07 Å². The van der Waals surface area contributed by atoms with Crippen LogP contribution in [0.15, 0.2) is 42.5 Å². The highest BCUT2D eigenvalue weighted by atomic mass is 16.5. The number of aryl methyl sites for hydroxylation is 2. The predicted molar refractivity (Wildman–Crippen MR) is 80.9 cm³/mol. The van der Waals surface area contributed by atoms with Crippen molar-refractivity contribution >= 4 is 17.3 Å². The van der Waals surface area contributed by atoms with E-state index in [2.05, 4.69) is 5.32 Å². The second kappa shape index (κ2) is 6.10. The van der Waals surface area contributed by atoms with Crippen LogP contribution in [0.25, 0.3) is 0 Å². The molecule has 0 radical (unpaired) electrons. The minimum atomic E-state index is -0.190. The van der Waals surface area contributed by atoms with Crippen molar-refractivity contribution in [2.45, 2.75) is 13.8 Å². The fourth-order valence-electron chi connectivity index (χ4n) is 1.73. The average molecular weight is 270 g/mol. The van der Waals surface area contributed by atoms with Crippen molar-refractivity contribution in [2.75, 3.05) is 17.7 Å². The highest BCUT2D eigenvalue weighted by molar-refractivity contribution is 5.92. The van der Waals surface area contributed by atoms with Gasteiger partial charge in [0.05, 0.1) is 0 Å². The van der Waals surface area contributed by atoms with Crippen molar-refractivity contribution in [3.05, 3.63) is 53.6 Å². The molecule has 2 rings (SSSR count). The number of anilines is 2. The number of hydrogen-bond acceptors (Lipinski definition) is 3. The number of carbonyl (C=O) groups is 1. The van der Waals surface area contributed by atoms with Crippen molar-refractivity contribution in [3.63, 3.8) is 0 Å². The summed E-state index contributed by atoms with van der Waals surface area (Å²) in [5.74, 6) is 0.430. The van der Waals surface area contributed by atoms with Crippen molar-refractivity contribution in [3.8, 4) is 5.75 Å². The maximum absolute atomic E-state index is 11.8. The van der Waals surface area contributed by atoms with Crippen LogP contribution in [0.3, 0.4) is 0 Å². The number of hydrogen-bond donors (Lipinski definition) is 2. The molecule has 0 spiro atoms. The molecule has 20 heavy (non-hydrogen) atoms. The molecule has 2 aromatic carbocycles. The summed E-state index contributed by atoms with van der Waals surface area (Å²) in [5, 5.41) is 2.80. The van der Waals surface area contributed by atoms with E-state index in [0.717, 1.165) is 11.3 Å². The summed E-state index contributed by atoms with van der Waals surface area (Å²) in [5.41, 5.74) is 9.35. The monoisotopic (exact) mass is 270 g/mol. The van der Waals surface area contributed by atoms with E-state index in [4.69, 9.17) is 10.5 Å². The number of amides is 1. The van der Waals surface area contributed by atoms with Crippen molar-refractivity contribution < 1.29 is 9.53 Å². The van der Waals surface area contributed by atoms with Crippen LogP contribution in [-0.4, -0.2) is 12.5 Å². The van der Waals surface area contributed by atoms with E-state index in [1.54, 1.807) is 24.3 Å². The zero-order chi connectivity index (χ0) is 14.5.